The number of nitrogens with zero attached hydrogens (tertiary/aromatic N) is 4. The fourth-order valence-corrected chi connectivity index (χ4v) is 3.42. The van der Waals surface area contributed by atoms with E-state index in [9.17, 15) is 4.79 Å². The highest BCUT2D eigenvalue weighted by atomic mass is 16.2. The summed E-state index contributed by atoms with van der Waals surface area (Å²) in [6.45, 7) is 6.23. The third-order valence-corrected chi connectivity index (χ3v) is 4.60. The maximum absolute atomic E-state index is 13.0. The standard InChI is InChI=1S/C17H22N6O/c1-10(2)5-14-19-6-11-7-23(8-13(11)22-14)17(24)16-15-12(3-4-18-16)20-9-21-15/h6,9-10,16,18H,3-5,7-8H2,1-2H3,(H,20,21). The lowest BCUT2D eigenvalue weighted by atomic mass is 10.0. The van der Waals surface area contributed by atoms with Gasteiger partial charge in [-0.15, -0.1) is 0 Å². The van der Waals surface area contributed by atoms with Gasteiger partial charge in [0.1, 0.15) is 11.9 Å². The Balaban J connectivity index is 1.52. The molecule has 0 saturated heterocycles. The largest absolute Gasteiger partial charge is 0.348 e. The zero-order valence-corrected chi connectivity index (χ0v) is 14.0. The van der Waals surface area contributed by atoms with Crippen molar-refractivity contribution in [3.8, 4) is 0 Å². The average Bonchev–Trinajstić information content (AvgIpc) is 3.19. The zero-order chi connectivity index (χ0) is 16.7. The van der Waals surface area contributed by atoms with Gasteiger partial charge >= 0.3 is 0 Å². The van der Waals surface area contributed by atoms with Crippen molar-refractivity contribution in [1.29, 1.82) is 0 Å². The number of nitrogens with one attached hydrogen (secondary N) is 2. The summed E-state index contributed by atoms with van der Waals surface area (Å²) in [6, 6.07) is -0.364. The molecule has 2 aromatic rings. The molecule has 0 fully saturated rings. The summed E-state index contributed by atoms with van der Waals surface area (Å²) < 4.78 is 0. The van der Waals surface area contributed by atoms with Gasteiger partial charge in [0.15, 0.2) is 0 Å². The van der Waals surface area contributed by atoms with Gasteiger partial charge in [0, 0.05) is 43.4 Å². The Morgan fingerprint density at radius 1 is 1.38 bits per heavy atom. The Bertz CT molecular complexity index is 768. The van der Waals surface area contributed by atoms with Crippen LogP contribution in [-0.4, -0.2) is 37.3 Å². The zero-order valence-electron chi connectivity index (χ0n) is 14.0. The Labute approximate surface area is 140 Å². The second-order valence-electron chi connectivity index (χ2n) is 6.95. The Hall–Kier alpha value is -2.28. The molecular formula is C17H22N6O. The van der Waals surface area contributed by atoms with E-state index in [1.54, 1.807) is 6.33 Å². The van der Waals surface area contributed by atoms with Crippen LogP contribution in [0.4, 0.5) is 0 Å². The minimum absolute atomic E-state index is 0.0615. The third kappa shape index (κ3) is 2.69. The van der Waals surface area contributed by atoms with Gasteiger partial charge in [-0.1, -0.05) is 13.8 Å². The molecule has 1 unspecified atom stereocenters. The number of hydrogen-bond donors (Lipinski definition) is 2. The van der Waals surface area contributed by atoms with Crippen molar-refractivity contribution in [3.63, 3.8) is 0 Å². The molecule has 7 heteroatoms. The van der Waals surface area contributed by atoms with Crippen LogP contribution in [0.1, 0.15) is 48.4 Å². The van der Waals surface area contributed by atoms with Crippen molar-refractivity contribution in [2.75, 3.05) is 6.54 Å². The lowest BCUT2D eigenvalue weighted by Crippen LogP contribution is -2.42. The second-order valence-corrected chi connectivity index (χ2v) is 6.95. The molecule has 1 amide bonds. The van der Waals surface area contributed by atoms with Gasteiger partial charge in [0.25, 0.3) is 0 Å². The number of rotatable bonds is 3. The minimum Gasteiger partial charge on any atom is -0.348 e. The quantitative estimate of drug-likeness (QED) is 0.883. The van der Waals surface area contributed by atoms with Crippen LogP contribution in [0.2, 0.25) is 0 Å². The van der Waals surface area contributed by atoms with Crippen LogP contribution in [0.3, 0.4) is 0 Å². The number of carbonyl (C=O) groups excluding carboxylic acids is 1. The van der Waals surface area contributed by atoms with Crippen LogP contribution in [0, 0.1) is 5.92 Å². The van der Waals surface area contributed by atoms with E-state index >= 15 is 0 Å². The lowest BCUT2D eigenvalue weighted by molar-refractivity contribution is -0.134. The maximum Gasteiger partial charge on any atom is 0.246 e. The van der Waals surface area contributed by atoms with Crippen LogP contribution < -0.4 is 5.32 Å². The summed E-state index contributed by atoms with van der Waals surface area (Å²) in [7, 11) is 0. The maximum atomic E-state index is 13.0. The van der Waals surface area contributed by atoms with E-state index < -0.39 is 0 Å². The first-order valence-electron chi connectivity index (χ1n) is 8.50. The molecule has 24 heavy (non-hydrogen) atoms. The van der Waals surface area contributed by atoms with Gasteiger partial charge < -0.3 is 15.2 Å². The number of imidazole rings is 1. The highest BCUT2D eigenvalue weighted by Crippen LogP contribution is 2.27. The highest BCUT2D eigenvalue weighted by Gasteiger charge is 2.34. The molecule has 4 rings (SSSR count). The van der Waals surface area contributed by atoms with Gasteiger partial charge in [-0.2, -0.15) is 0 Å². The number of fused-ring (bicyclic) bond motifs is 2. The molecule has 2 aliphatic rings. The van der Waals surface area contributed by atoms with Crippen molar-refractivity contribution in [2.45, 2.75) is 45.8 Å². The van der Waals surface area contributed by atoms with Crippen LogP contribution >= 0.6 is 0 Å². The fraction of sp³-hybridized carbons (Fsp3) is 0.529. The predicted octanol–water partition coefficient (Wildman–Crippen LogP) is 1.13. The highest BCUT2D eigenvalue weighted by molar-refractivity contribution is 5.83. The predicted molar refractivity (Wildman–Crippen MR) is 87.9 cm³/mol. The topological polar surface area (TPSA) is 86.8 Å². The molecule has 0 bridgehead atoms. The number of amides is 1. The van der Waals surface area contributed by atoms with E-state index in [-0.39, 0.29) is 11.9 Å². The monoisotopic (exact) mass is 326 g/mol. The van der Waals surface area contributed by atoms with Gasteiger partial charge in [-0.25, -0.2) is 15.0 Å². The molecular weight excluding hydrogens is 304 g/mol. The van der Waals surface area contributed by atoms with Crippen LogP contribution in [0.5, 0.6) is 0 Å². The fourth-order valence-electron chi connectivity index (χ4n) is 3.42. The number of H-pyrrole nitrogens is 1. The normalized spacial score (nSPS) is 19.5. The number of carbonyl (C=O) groups is 1. The van der Waals surface area contributed by atoms with E-state index in [4.69, 9.17) is 0 Å². The first kappa shape index (κ1) is 15.3. The first-order chi connectivity index (χ1) is 11.6. The Morgan fingerprint density at radius 2 is 2.25 bits per heavy atom. The summed E-state index contributed by atoms with van der Waals surface area (Å²) in [5, 5.41) is 3.29. The van der Waals surface area contributed by atoms with E-state index in [0.717, 1.165) is 47.9 Å². The van der Waals surface area contributed by atoms with Crippen molar-refractivity contribution in [3.05, 3.63) is 41.0 Å². The summed E-state index contributed by atoms with van der Waals surface area (Å²) in [5.74, 6) is 1.45. The van der Waals surface area contributed by atoms with Gasteiger partial charge in [0.05, 0.1) is 24.3 Å². The molecule has 2 aliphatic heterocycles. The third-order valence-electron chi connectivity index (χ3n) is 4.60. The summed E-state index contributed by atoms with van der Waals surface area (Å²) in [6.07, 6.45) is 5.29. The number of aromatic amines is 1. The van der Waals surface area contributed by atoms with E-state index in [1.165, 1.54) is 0 Å². The molecule has 7 nitrogen and oxygen atoms in total. The van der Waals surface area contributed by atoms with Crippen LogP contribution in [0.25, 0.3) is 0 Å². The molecule has 0 radical (unpaired) electrons. The molecule has 2 aromatic heterocycles. The van der Waals surface area contributed by atoms with Crippen LogP contribution in [-0.2, 0) is 30.7 Å². The summed E-state index contributed by atoms with van der Waals surface area (Å²) in [4.78, 5) is 31.4. The van der Waals surface area contributed by atoms with Gasteiger partial charge in [0.2, 0.25) is 5.91 Å². The number of aromatic nitrogens is 4. The second kappa shape index (κ2) is 5.98. The van der Waals surface area contributed by atoms with E-state index in [1.807, 2.05) is 11.1 Å². The van der Waals surface area contributed by atoms with Crippen LogP contribution in [0.15, 0.2) is 12.5 Å². The summed E-state index contributed by atoms with van der Waals surface area (Å²) >= 11 is 0. The smallest absolute Gasteiger partial charge is 0.246 e. The molecule has 2 N–H and O–H groups in total. The Kier molecular flexibility index (Phi) is 3.80. The minimum atomic E-state index is -0.364. The average molecular weight is 326 g/mol. The molecule has 0 saturated carbocycles. The van der Waals surface area contributed by atoms with Crippen molar-refractivity contribution in [1.82, 2.24) is 30.2 Å². The van der Waals surface area contributed by atoms with Crippen molar-refractivity contribution >= 4 is 5.91 Å². The molecule has 4 heterocycles. The molecule has 126 valence electrons. The first-order valence-corrected chi connectivity index (χ1v) is 8.50. The van der Waals surface area contributed by atoms with Gasteiger partial charge in [-0.3, -0.25) is 4.79 Å². The molecule has 0 aliphatic carbocycles. The Morgan fingerprint density at radius 3 is 3.08 bits per heavy atom. The lowest BCUT2D eigenvalue weighted by Gasteiger charge is -2.26. The summed E-state index contributed by atoms with van der Waals surface area (Å²) in [5.41, 5.74) is 3.91. The van der Waals surface area contributed by atoms with Crippen molar-refractivity contribution in [2.24, 2.45) is 5.92 Å². The SMILES string of the molecule is CC(C)Cc1ncc2c(n1)CN(C(=O)C1NCCc3[nH]cnc31)C2. The number of hydrogen-bond acceptors (Lipinski definition) is 5. The molecule has 0 aromatic carbocycles. The van der Waals surface area contributed by atoms with Gasteiger partial charge in [-0.05, 0) is 5.92 Å². The van der Waals surface area contributed by atoms with Crippen molar-refractivity contribution < 1.29 is 4.79 Å². The molecule has 0 spiro atoms. The van der Waals surface area contributed by atoms with E-state index in [0.29, 0.717) is 19.0 Å². The molecule has 1 atom stereocenters. The van der Waals surface area contributed by atoms with E-state index in [2.05, 4.69) is 39.1 Å².